The second kappa shape index (κ2) is 7.24. The van der Waals surface area contributed by atoms with Crippen LogP contribution in [0.25, 0.3) is 5.52 Å². The minimum absolute atomic E-state index is 0.220. The fourth-order valence-electron chi connectivity index (χ4n) is 3.03. The molecule has 4 heterocycles. The lowest BCUT2D eigenvalue weighted by molar-refractivity contribution is 0.101. The zero-order chi connectivity index (χ0) is 18.9. The highest BCUT2D eigenvalue weighted by atomic mass is 32.3. The lowest BCUT2D eigenvalue weighted by atomic mass is 10.3. The molecule has 0 spiro atoms. The van der Waals surface area contributed by atoms with Crippen molar-refractivity contribution >= 4 is 28.0 Å². The van der Waals surface area contributed by atoms with E-state index in [1.54, 1.807) is 29.1 Å². The van der Waals surface area contributed by atoms with Crippen LogP contribution >= 0.6 is 10.6 Å². The molecule has 10 heteroatoms. The molecule has 1 saturated heterocycles. The molecule has 0 unspecified atom stereocenters. The van der Waals surface area contributed by atoms with Gasteiger partial charge in [-0.2, -0.15) is 10.6 Å². The fraction of sp³-hybridized carbons (Fsp3) is 0.294. The third-order valence-electron chi connectivity index (χ3n) is 4.46. The molecular formula is C17H20N6O3S. The van der Waals surface area contributed by atoms with Gasteiger partial charge in [-0.05, 0) is 18.2 Å². The van der Waals surface area contributed by atoms with Crippen LogP contribution in [0.15, 0.2) is 42.9 Å². The minimum Gasteiger partial charge on any atom is -0.299 e. The maximum atomic E-state index is 12.7. The van der Waals surface area contributed by atoms with Crippen molar-refractivity contribution in [3.63, 3.8) is 0 Å². The van der Waals surface area contributed by atoms with E-state index in [-0.39, 0.29) is 17.7 Å². The number of nitrogens with one attached hydrogen (secondary N) is 1. The van der Waals surface area contributed by atoms with Crippen LogP contribution in [0.1, 0.15) is 16.3 Å². The zero-order valence-corrected chi connectivity index (χ0v) is 15.3. The maximum Gasteiger partial charge on any atom is 0.294 e. The number of hydrogen-bond donors (Lipinski definition) is 3. The summed E-state index contributed by atoms with van der Waals surface area (Å²) < 4.78 is 21.3. The summed E-state index contributed by atoms with van der Waals surface area (Å²) in [4.78, 5) is 27.3. The van der Waals surface area contributed by atoms with Crippen LogP contribution in [0.5, 0.6) is 0 Å². The number of carbonyl (C=O) groups excluding carboxylic acids is 1. The van der Waals surface area contributed by atoms with Gasteiger partial charge in [0.05, 0.1) is 22.7 Å². The molecule has 0 atom stereocenters. The molecular weight excluding hydrogens is 368 g/mol. The molecule has 4 rings (SSSR count). The van der Waals surface area contributed by atoms with Gasteiger partial charge < -0.3 is 0 Å². The molecule has 0 radical (unpaired) electrons. The van der Waals surface area contributed by atoms with Gasteiger partial charge in [-0.1, -0.05) is 6.07 Å². The van der Waals surface area contributed by atoms with Crippen molar-refractivity contribution < 1.29 is 13.9 Å². The van der Waals surface area contributed by atoms with Gasteiger partial charge in [0.1, 0.15) is 0 Å². The molecule has 1 amide bonds. The summed E-state index contributed by atoms with van der Waals surface area (Å²) in [5, 5.41) is 2.66. The summed E-state index contributed by atoms with van der Waals surface area (Å²) in [6, 6.07) is 7.32. The Morgan fingerprint density at radius 1 is 1.15 bits per heavy atom. The van der Waals surface area contributed by atoms with E-state index in [2.05, 4.69) is 25.2 Å². The van der Waals surface area contributed by atoms with Crippen molar-refractivity contribution in [2.24, 2.45) is 0 Å². The molecule has 0 bridgehead atoms. The summed E-state index contributed by atoms with van der Waals surface area (Å²) in [5.74, 6) is 0.836. The normalized spacial score (nSPS) is 18.3. The first-order valence-corrected chi connectivity index (χ1v) is 10.4. The second-order valence-corrected chi connectivity index (χ2v) is 8.77. The van der Waals surface area contributed by atoms with Crippen molar-refractivity contribution in [3.8, 4) is 0 Å². The topological polar surface area (TPSA) is 116 Å². The number of pyridine rings is 1. The number of hydrogen-bond acceptors (Lipinski definition) is 7. The van der Waals surface area contributed by atoms with Crippen LogP contribution in [-0.4, -0.2) is 63.9 Å². The van der Waals surface area contributed by atoms with Crippen LogP contribution in [0.2, 0.25) is 0 Å². The number of rotatable bonds is 4. The smallest absolute Gasteiger partial charge is 0.294 e. The third-order valence-corrected chi connectivity index (χ3v) is 6.13. The Balaban J connectivity index is 1.58. The highest BCUT2D eigenvalue weighted by molar-refractivity contribution is 8.24. The van der Waals surface area contributed by atoms with Gasteiger partial charge in [-0.15, -0.1) is 0 Å². The van der Waals surface area contributed by atoms with E-state index in [1.807, 2.05) is 18.2 Å². The highest BCUT2D eigenvalue weighted by Gasteiger charge is 2.24. The molecule has 3 aromatic rings. The maximum absolute atomic E-state index is 12.7. The molecule has 0 saturated carbocycles. The summed E-state index contributed by atoms with van der Waals surface area (Å²) in [6.45, 7) is 1.72. The van der Waals surface area contributed by atoms with Gasteiger partial charge in [0.2, 0.25) is 11.8 Å². The van der Waals surface area contributed by atoms with Gasteiger partial charge in [0, 0.05) is 38.2 Å². The van der Waals surface area contributed by atoms with Crippen molar-refractivity contribution in [2.45, 2.75) is 6.54 Å². The predicted octanol–water partition coefficient (Wildman–Crippen LogP) is 1.94. The number of aromatic nitrogens is 4. The Hall–Kier alpha value is -2.53. The first-order valence-electron chi connectivity index (χ1n) is 8.52. The van der Waals surface area contributed by atoms with E-state index in [0.717, 1.165) is 11.2 Å². The van der Waals surface area contributed by atoms with Crippen molar-refractivity contribution in [3.05, 3.63) is 54.4 Å². The highest BCUT2D eigenvalue weighted by Crippen LogP contribution is 2.40. The first kappa shape index (κ1) is 17.9. The molecule has 1 aliphatic heterocycles. The van der Waals surface area contributed by atoms with Gasteiger partial charge >= 0.3 is 0 Å². The van der Waals surface area contributed by atoms with Gasteiger partial charge in [-0.3, -0.25) is 28.5 Å². The number of fused-ring (bicyclic) bond motifs is 1. The Kier molecular flexibility index (Phi) is 4.79. The van der Waals surface area contributed by atoms with E-state index >= 15 is 0 Å². The first-order chi connectivity index (χ1) is 13.0. The van der Waals surface area contributed by atoms with E-state index in [9.17, 15) is 13.9 Å². The third kappa shape index (κ3) is 3.93. The van der Waals surface area contributed by atoms with E-state index < -0.39 is 10.6 Å². The monoisotopic (exact) mass is 388 g/mol. The Bertz CT molecular complexity index is 952. The lowest BCUT2D eigenvalue weighted by Crippen LogP contribution is -2.37. The molecule has 1 fully saturated rings. The number of imidazole rings is 1. The summed E-state index contributed by atoms with van der Waals surface area (Å²) >= 11 is 0. The van der Waals surface area contributed by atoms with Crippen LogP contribution in [0, 0.1) is 0 Å². The summed E-state index contributed by atoms with van der Waals surface area (Å²) in [7, 11) is -2.44. The van der Waals surface area contributed by atoms with Gasteiger partial charge in [0.25, 0.3) is 5.91 Å². The average Bonchev–Trinajstić information content (AvgIpc) is 3.03. The molecule has 27 heavy (non-hydrogen) atoms. The Labute approximate surface area is 157 Å². The largest absolute Gasteiger partial charge is 0.299 e. The van der Waals surface area contributed by atoms with Crippen LogP contribution in [0.3, 0.4) is 0 Å². The minimum atomic E-state index is -2.44. The quantitative estimate of drug-likeness (QED) is 0.625. The number of amides is 1. The predicted molar refractivity (Wildman–Crippen MR) is 103 cm³/mol. The molecule has 3 aromatic heterocycles. The molecule has 3 N–H and O–H groups in total. The van der Waals surface area contributed by atoms with Crippen molar-refractivity contribution in [2.75, 3.05) is 29.9 Å². The number of nitrogens with zero attached hydrogens (tertiary/aromatic N) is 5. The van der Waals surface area contributed by atoms with Crippen molar-refractivity contribution in [1.82, 2.24) is 24.3 Å². The lowest BCUT2D eigenvalue weighted by Gasteiger charge is -2.40. The van der Waals surface area contributed by atoms with Crippen LogP contribution in [-0.2, 0) is 6.54 Å². The summed E-state index contributed by atoms with van der Waals surface area (Å²) in [5.41, 5.74) is 1.61. The van der Waals surface area contributed by atoms with Crippen LogP contribution < -0.4 is 5.32 Å². The molecule has 1 aliphatic rings. The van der Waals surface area contributed by atoms with Gasteiger partial charge in [0.15, 0.2) is 0 Å². The zero-order valence-electron chi connectivity index (χ0n) is 14.5. The number of anilines is 1. The van der Waals surface area contributed by atoms with Crippen molar-refractivity contribution in [1.29, 1.82) is 0 Å². The average molecular weight is 388 g/mol. The SMILES string of the molecule is O=C(Nc1ncccn1)c1nc(CN2CCS(O)(O)CC2)c2ccccn12. The molecule has 0 aliphatic carbocycles. The van der Waals surface area contributed by atoms with E-state index in [4.69, 9.17) is 0 Å². The Morgan fingerprint density at radius 2 is 1.89 bits per heavy atom. The number of carbonyl (C=O) groups is 1. The molecule has 142 valence electrons. The molecule has 9 nitrogen and oxygen atoms in total. The Morgan fingerprint density at radius 3 is 2.63 bits per heavy atom. The summed E-state index contributed by atoms with van der Waals surface area (Å²) in [6.07, 6.45) is 4.90. The second-order valence-electron chi connectivity index (χ2n) is 6.35. The van der Waals surface area contributed by atoms with Crippen LogP contribution in [0.4, 0.5) is 5.95 Å². The fourth-order valence-corrected chi connectivity index (χ4v) is 4.34. The van der Waals surface area contributed by atoms with E-state index in [1.165, 1.54) is 0 Å². The van der Waals surface area contributed by atoms with E-state index in [0.29, 0.717) is 31.1 Å². The molecule has 0 aromatic carbocycles. The van der Waals surface area contributed by atoms with Gasteiger partial charge in [-0.25, -0.2) is 15.0 Å². The standard InChI is InChI=1S/C17H20N6O3S/c24-16(21-17-18-5-3-6-19-17)15-20-13(14-4-1-2-7-23(14)15)12-22-8-10-27(25,26)11-9-22/h1-7,25-26H,8-12H2,(H,18,19,21,24).